The lowest BCUT2D eigenvalue weighted by molar-refractivity contribution is 0.0951. The van der Waals surface area contributed by atoms with E-state index in [0.717, 1.165) is 23.0 Å². The molecule has 0 aromatic carbocycles. The average molecular weight is 361 g/mol. The van der Waals surface area contributed by atoms with Crippen LogP contribution in [0.5, 0.6) is 0 Å². The predicted molar refractivity (Wildman–Crippen MR) is 99.8 cm³/mol. The molecule has 0 bridgehead atoms. The van der Waals surface area contributed by atoms with Crippen molar-refractivity contribution in [3.8, 4) is 11.6 Å². The summed E-state index contributed by atoms with van der Waals surface area (Å²) in [6, 6.07) is 7.63. The van der Waals surface area contributed by atoms with Crippen LogP contribution in [0.2, 0.25) is 0 Å². The minimum Gasteiger partial charge on any atom is -0.348 e. The first-order chi connectivity index (χ1) is 13.1. The third kappa shape index (κ3) is 3.24. The van der Waals surface area contributed by atoms with E-state index in [0.29, 0.717) is 12.1 Å². The number of imidazole rings is 1. The van der Waals surface area contributed by atoms with Gasteiger partial charge in [0.25, 0.3) is 5.91 Å². The maximum atomic E-state index is 12.7. The van der Waals surface area contributed by atoms with Crippen LogP contribution in [0.25, 0.3) is 11.6 Å². The Balaban J connectivity index is 1.52. The zero-order valence-corrected chi connectivity index (χ0v) is 15.1. The van der Waals surface area contributed by atoms with Gasteiger partial charge in [0.2, 0.25) is 0 Å². The summed E-state index contributed by atoms with van der Waals surface area (Å²) in [6.45, 7) is 2.31. The minimum atomic E-state index is -0.177. The van der Waals surface area contributed by atoms with Gasteiger partial charge < -0.3 is 9.88 Å². The highest BCUT2D eigenvalue weighted by atomic mass is 16.1. The number of hydrogen-bond acceptors (Lipinski definition) is 4. The first kappa shape index (κ1) is 16.8. The van der Waals surface area contributed by atoms with E-state index in [1.807, 2.05) is 66.0 Å². The number of carbonyl (C=O) groups excluding carboxylic acids is 1. The molecule has 8 heteroatoms. The fourth-order valence-electron chi connectivity index (χ4n) is 2.97. The van der Waals surface area contributed by atoms with Gasteiger partial charge in [-0.2, -0.15) is 5.10 Å². The Morgan fingerprint density at radius 2 is 1.96 bits per heavy atom. The van der Waals surface area contributed by atoms with Gasteiger partial charge in [-0.05, 0) is 36.8 Å². The molecule has 4 rings (SSSR count). The molecule has 0 unspecified atom stereocenters. The molecule has 136 valence electrons. The van der Waals surface area contributed by atoms with Gasteiger partial charge in [-0.25, -0.2) is 9.97 Å². The number of hydrogen-bond donors (Lipinski definition) is 1. The number of aryl methyl sites for hydroxylation is 2. The molecule has 1 amide bonds. The van der Waals surface area contributed by atoms with Crippen molar-refractivity contribution in [2.45, 2.75) is 13.5 Å². The number of nitrogens with zero attached hydrogens (tertiary/aromatic N) is 6. The normalized spacial score (nSPS) is 10.9. The highest BCUT2D eigenvalue weighted by Crippen LogP contribution is 2.14. The van der Waals surface area contributed by atoms with E-state index in [9.17, 15) is 4.79 Å². The summed E-state index contributed by atoms with van der Waals surface area (Å²) in [5.41, 5.74) is 1.47. The lowest BCUT2D eigenvalue weighted by Gasteiger charge is -2.10. The van der Waals surface area contributed by atoms with Crippen LogP contribution < -0.4 is 5.32 Å². The molecule has 0 atom stereocenters. The Morgan fingerprint density at radius 1 is 1.15 bits per heavy atom. The zero-order chi connectivity index (χ0) is 18.8. The number of rotatable bonds is 5. The van der Waals surface area contributed by atoms with E-state index in [1.54, 1.807) is 23.3 Å². The van der Waals surface area contributed by atoms with Crippen molar-refractivity contribution < 1.29 is 4.79 Å². The van der Waals surface area contributed by atoms with E-state index in [2.05, 4.69) is 20.4 Å². The second kappa shape index (κ2) is 6.91. The van der Waals surface area contributed by atoms with Crippen LogP contribution in [0.15, 0.2) is 61.4 Å². The highest BCUT2D eigenvalue weighted by Gasteiger charge is 2.17. The lowest BCUT2D eigenvalue weighted by Crippen LogP contribution is -2.24. The highest BCUT2D eigenvalue weighted by molar-refractivity contribution is 5.97. The minimum absolute atomic E-state index is 0.177. The van der Waals surface area contributed by atoms with Gasteiger partial charge in [-0.15, -0.1) is 0 Å². The van der Waals surface area contributed by atoms with Crippen molar-refractivity contribution in [2.75, 3.05) is 0 Å². The third-order valence-corrected chi connectivity index (χ3v) is 4.34. The molecule has 0 aliphatic rings. The van der Waals surface area contributed by atoms with Crippen LogP contribution in [-0.4, -0.2) is 34.8 Å². The van der Waals surface area contributed by atoms with Crippen molar-refractivity contribution in [1.82, 2.24) is 34.2 Å². The summed E-state index contributed by atoms with van der Waals surface area (Å²) in [7, 11) is 1.81. The molecule has 8 nitrogen and oxygen atoms in total. The maximum absolute atomic E-state index is 12.7. The van der Waals surface area contributed by atoms with E-state index in [4.69, 9.17) is 0 Å². The van der Waals surface area contributed by atoms with E-state index >= 15 is 0 Å². The molecule has 0 aliphatic carbocycles. The molecule has 4 heterocycles. The Hall–Kier alpha value is -3.68. The van der Waals surface area contributed by atoms with Crippen LogP contribution in [0.4, 0.5) is 0 Å². The molecule has 0 radical (unpaired) electrons. The van der Waals surface area contributed by atoms with Gasteiger partial charge >= 0.3 is 0 Å². The summed E-state index contributed by atoms with van der Waals surface area (Å²) in [5, 5.41) is 7.18. The number of amides is 1. The number of nitrogens with one attached hydrogen (secondary N) is 1. The SMILES string of the molecule is Cc1nccn1-c1cc(CNC(=O)c2cnn(C)c2-n2cccc2)ccn1. The predicted octanol–water partition coefficient (Wildman–Crippen LogP) is 2.03. The largest absolute Gasteiger partial charge is 0.348 e. The van der Waals surface area contributed by atoms with Gasteiger partial charge in [0, 0.05) is 44.6 Å². The molecule has 27 heavy (non-hydrogen) atoms. The zero-order valence-electron chi connectivity index (χ0n) is 15.1. The van der Waals surface area contributed by atoms with Crippen LogP contribution in [0.3, 0.4) is 0 Å². The third-order valence-electron chi connectivity index (χ3n) is 4.34. The van der Waals surface area contributed by atoms with Gasteiger partial charge in [-0.3, -0.25) is 14.0 Å². The summed E-state index contributed by atoms with van der Waals surface area (Å²) < 4.78 is 5.45. The summed E-state index contributed by atoms with van der Waals surface area (Å²) in [5.74, 6) is 2.17. The van der Waals surface area contributed by atoms with E-state index < -0.39 is 0 Å². The monoisotopic (exact) mass is 361 g/mol. The Labute approximate surface area is 156 Å². The topological polar surface area (TPSA) is 82.6 Å². The first-order valence-corrected chi connectivity index (χ1v) is 8.52. The molecule has 1 N–H and O–H groups in total. The molecule has 0 fully saturated rings. The van der Waals surface area contributed by atoms with Gasteiger partial charge in [-0.1, -0.05) is 0 Å². The van der Waals surface area contributed by atoms with Crippen molar-refractivity contribution in [3.63, 3.8) is 0 Å². The van der Waals surface area contributed by atoms with Crippen LogP contribution in [0, 0.1) is 6.92 Å². The van der Waals surface area contributed by atoms with Gasteiger partial charge in [0.1, 0.15) is 23.0 Å². The summed E-state index contributed by atoms with van der Waals surface area (Å²) in [4.78, 5) is 21.3. The van der Waals surface area contributed by atoms with Gasteiger partial charge in [0.05, 0.1) is 6.20 Å². The van der Waals surface area contributed by atoms with Crippen molar-refractivity contribution in [3.05, 3.63) is 78.4 Å². The fraction of sp³-hybridized carbons (Fsp3) is 0.158. The standard InChI is InChI=1S/C19H19N7O/c1-14-20-7-10-26(14)17-11-15(5-6-21-17)12-22-18(27)16-13-23-24(2)19(16)25-8-3-4-9-25/h3-11,13H,12H2,1-2H3,(H,22,27). The smallest absolute Gasteiger partial charge is 0.256 e. The second-order valence-corrected chi connectivity index (χ2v) is 6.15. The Kier molecular flexibility index (Phi) is 4.29. The van der Waals surface area contributed by atoms with E-state index in [1.165, 1.54) is 0 Å². The molecule has 0 aliphatic heterocycles. The molecule has 0 spiro atoms. The average Bonchev–Trinajstić information content (AvgIpc) is 3.40. The number of pyridine rings is 1. The first-order valence-electron chi connectivity index (χ1n) is 8.52. The lowest BCUT2D eigenvalue weighted by atomic mass is 10.2. The molecule has 0 saturated carbocycles. The van der Waals surface area contributed by atoms with E-state index in [-0.39, 0.29) is 5.91 Å². The summed E-state index contributed by atoms with van der Waals surface area (Å²) >= 11 is 0. The van der Waals surface area contributed by atoms with Crippen molar-refractivity contribution in [2.24, 2.45) is 7.05 Å². The molecule has 4 aromatic rings. The molecule has 4 aromatic heterocycles. The fourth-order valence-corrected chi connectivity index (χ4v) is 2.97. The Bertz CT molecular complexity index is 1080. The summed E-state index contributed by atoms with van der Waals surface area (Å²) in [6.07, 6.45) is 10.7. The molecular formula is C19H19N7O. The van der Waals surface area contributed by atoms with Crippen molar-refractivity contribution >= 4 is 5.91 Å². The van der Waals surface area contributed by atoms with Gasteiger partial charge in [0.15, 0.2) is 0 Å². The van der Waals surface area contributed by atoms with Crippen molar-refractivity contribution in [1.29, 1.82) is 0 Å². The number of aromatic nitrogens is 6. The van der Waals surface area contributed by atoms with Crippen LogP contribution >= 0.6 is 0 Å². The molecule has 0 saturated heterocycles. The Morgan fingerprint density at radius 3 is 2.70 bits per heavy atom. The van der Waals surface area contributed by atoms with Crippen LogP contribution in [-0.2, 0) is 13.6 Å². The van der Waals surface area contributed by atoms with Crippen LogP contribution in [0.1, 0.15) is 21.7 Å². The maximum Gasteiger partial charge on any atom is 0.256 e. The molecular weight excluding hydrogens is 342 g/mol. The number of carbonyl (C=O) groups is 1. The quantitative estimate of drug-likeness (QED) is 0.590. The second-order valence-electron chi connectivity index (χ2n) is 6.15.